The lowest BCUT2D eigenvalue weighted by atomic mass is 9.76. The van der Waals surface area contributed by atoms with Gasteiger partial charge in [-0.05, 0) is 31.6 Å². The summed E-state index contributed by atoms with van der Waals surface area (Å²) in [4.78, 5) is 0. The number of hydrogen-bond acceptors (Lipinski definition) is 2. The molecular formula is C13H26O2. The molecule has 90 valence electrons. The van der Waals surface area contributed by atoms with Crippen molar-refractivity contribution in [3.05, 3.63) is 0 Å². The highest BCUT2D eigenvalue weighted by atomic mass is 16.5. The van der Waals surface area contributed by atoms with Crippen molar-refractivity contribution < 1.29 is 9.84 Å². The summed E-state index contributed by atoms with van der Waals surface area (Å²) in [6.45, 7) is 4.22. The van der Waals surface area contributed by atoms with Gasteiger partial charge in [0.25, 0.3) is 0 Å². The maximum absolute atomic E-state index is 10.5. The quantitative estimate of drug-likeness (QED) is 0.762. The van der Waals surface area contributed by atoms with E-state index >= 15 is 0 Å². The van der Waals surface area contributed by atoms with Crippen LogP contribution >= 0.6 is 0 Å². The lowest BCUT2D eigenvalue weighted by Crippen LogP contribution is -2.47. The van der Waals surface area contributed by atoms with Gasteiger partial charge in [-0.25, -0.2) is 0 Å². The molecule has 0 heterocycles. The zero-order valence-corrected chi connectivity index (χ0v) is 10.5. The van der Waals surface area contributed by atoms with Crippen molar-refractivity contribution >= 4 is 0 Å². The van der Waals surface area contributed by atoms with Crippen LogP contribution in [0.4, 0.5) is 0 Å². The first kappa shape index (κ1) is 13.0. The summed E-state index contributed by atoms with van der Waals surface area (Å²) in [6, 6.07) is 0. The van der Waals surface area contributed by atoms with Crippen molar-refractivity contribution in [2.45, 2.75) is 70.5 Å². The minimum Gasteiger partial charge on any atom is -0.390 e. The van der Waals surface area contributed by atoms with E-state index in [0.29, 0.717) is 5.92 Å². The molecule has 2 heteroatoms. The fourth-order valence-corrected chi connectivity index (χ4v) is 2.96. The van der Waals surface area contributed by atoms with Gasteiger partial charge in [-0.15, -0.1) is 0 Å². The number of aliphatic hydroxyl groups is 1. The van der Waals surface area contributed by atoms with Gasteiger partial charge in [0.15, 0.2) is 0 Å². The highest BCUT2D eigenvalue weighted by Gasteiger charge is 2.39. The first-order valence-electron chi connectivity index (χ1n) is 6.43. The van der Waals surface area contributed by atoms with Crippen LogP contribution in [0, 0.1) is 5.92 Å². The van der Waals surface area contributed by atoms with Gasteiger partial charge in [0.05, 0.1) is 11.7 Å². The molecule has 1 N–H and O–H groups in total. The Morgan fingerprint density at radius 1 is 1.20 bits per heavy atom. The highest BCUT2D eigenvalue weighted by molar-refractivity contribution is 4.91. The van der Waals surface area contributed by atoms with E-state index in [9.17, 15) is 5.11 Å². The summed E-state index contributed by atoms with van der Waals surface area (Å²) in [5, 5.41) is 10.5. The van der Waals surface area contributed by atoms with Gasteiger partial charge >= 0.3 is 0 Å². The third-order valence-corrected chi connectivity index (χ3v) is 4.24. The molecule has 0 radical (unpaired) electrons. The van der Waals surface area contributed by atoms with Gasteiger partial charge in [0.1, 0.15) is 0 Å². The molecule has 1 rings (SSSR count). The third kappa shape index (κ3) is 2.73. The van der Waals surface area contributed by atoms with Gasteiger partial charge in [-0.1, -0.05) is 33.1 Å². The van der Waals surface area contributed by atoms with E-state index in [2.05, 4.69) is 13.8 Å². The lowest BCUT2D eigenvalue weighted by molar-refractivity contribution is -0.133. The Balaban J connectivity index is 2.65. The van der Waals surface area contributed by atoms with Crippen LogP contribution < -0.4 is 0 Å². The fourth-order valence-electron chi connectivity index (χ4n) is 2.96. The first-order valence-corrected chi connectivity index (χ1v) is 6.43. The average Bonchev–Trinajstić information content (AvgIpc) is 2.33. The normalized spacial score (nSPS) is 21.6. The topological polar surface area (TPSA) is 29.5 Å². The lowest BCUT2D eigenvalue weighted by Gasteiger charge is -2.40. The van der Waals surface area contributed by atoms with Crippen LogP contribution in [0.15, 0.2) is 0 Å². The van der Waals surface area contributed by atoms with Crippen molar-refractivity contribution in [3.63, 3.8) is 0 Å². The molecule has 0 aromatic rings. The minimum absolute atomic E-state index is 0.280. The molecule has 0 spiro atoms. The Morgan fingerprint density at radius 2 is 1.73 bits per heavy atom. The summed E-state index contributed by atoms with van der Waals surface area (Å²) in [5.74, 6) is 0.457. The number of rotatable bonds is 5. The molecule has 1 aliphatic rings. The van der Waals surface area contributed by atoms with E-state index in [0.717, 1.165) is 12.8 Å². The van der Waals surface area contributed by atoms with E-state index in [1.54, 1.807) is 7.11 Å². The zero-order valence-electron chi connectivity index (χ0n) is 10.5. The molecule has 1 unspecified atom stereocenters. The van der Waals surface area contributed by atoms with Crippen molar-refractivity contribution in [3.8, 4) is 0 Å². The fraction of sp³-hybridized carbons (Fsp3) is 1.00. The zero-order chi connectivity index (χ0) is 11.3. The van der Waals surface area contributed by atoms with Gasteiger partial charge in [-0.2, -0.15) is 0 Å². The van der Waals surface area contributed by atoms with Gasteiger partial charge < -0.3 is 9.84 Å². The first-order chi connectivity index (χ1) is 7.20. The molecule has 0 aromatic heterocycles. The van der Waals surface area contributed by atoms with Crippen LogP contribution in [0.25, 0.3) is 0 Å². The summed E-state index contributed by atoms with van der Waals surface area (Å²) in [7, 11) is 1.74. The van der Waals surface area contributed by atoms with Crippen LogP contribution in [0.1, 0.15) is 58.8 Å². The van der Waals surface area contributed by atoms with Crippen molar-refractivity contribution in [1.82, 2.24) is 0 Å². The second-order valence-corrected chi connectivity index (χ2v) is 4.82. The van der Waals surface area contributed by atoms with E-state index in [-0.39, 0.29) is 11.7 Å². The Labute approximate surface area is 94.0 Å². The SMILES string of the molecule is CCC(CC)(OC)C(O)C1CCCCC1. The number of ether oxygens (including phenoxy) is 1. The Bertz CT molecular complexity index is 161. The van der Waals surface area contributed by atoms with Crippen molar-refractivity contribution in [2.75, 3.05) is 7.11 Å². The predicted octanol–water partition coefficient (Wildman–Crippen LogP) is 3.13. The third-order valence-electron chi connectivity index (χ3n) is 4.24. The number of methoxy groups -OCH3 is 1. The molecule has 1 saturated carbocycles. The molecule has 1 aliphatic carbocycles. The van der Waals surface area contributed by atoms with Crippen molar-refractivity contribution in [2.24, 2.45) is 5.92 Å². The van der Waals surface area contributed by atoms with E-state index in [4.69, 9.17) is 4.74 Å². The Morgan fingerprint density at radius 3 is 2.13 bits per heavy atom. The van der Waals surface area contributed by atoms with E-state index < -0.39 is 0 Å². The predicted molar refractivity (Wildman–Crippen MR) is 62.9 cm³/mol. The molecule has 0 bridgehead atoms. The second kappa shape index (κ2) is 5.86. The summed E-state index contributed by atoms with van der Waals surface area (Å²) >= 11 is 0. The van der Waals surface area contributed by atoms with Crippen molar-refractivity contribution in [1.29, 1.82) is 0 Å². The largest absolute Gasteiger partial charge is 0.390 e. The molecule has 0 amide bonds. The van der Waals surface area contributed by atoms with Crippen LogP contribution in [-0.4, -0.2) is 23.9 Å². The molecule has 0 saturated heterocycles. The summed E-state index contributed by atoms with van der Waals surface area (Å²) in [6.07, 6.45) is 7.75. The summed E-state index contributed by atoms with van der Waals surface area (Å²) in [5.41, 5.74) is -0.304. The van der Waals surface area contributed by atoms with Gasteiger partial charge in [0, 0.05) is 7.11 Å². The molecular weight excluding hydrogens is 188 g/mol. The monoisotopic (exact) mass is 214 g/mol. The molecule has 1 fully saturated rings. The highest BCUT2D eigenvalue weighted by Crippen LogP contribution is 2.35. The Kier molecular flexibility index (Phi) is 5.07. The summed E-state index contributed by atoms with van der Waals surface area (Å²) < 4.78 is 5.60. The maximum atomic E-state index is 10.5. The molecule has 1 atom stereocenters. The van der Waals surface area contributed by atoms with Gasteiger partial charge in [0.2, 0.25) is 0 Å². The van der Waals surface area contributed by atoms with Crippen LogP contribution in [0.3, 0.4) is 0 Å². The smallest absolute Gasteiger partial charge is 0.0933 e. The van der Waals surface area contributed by atoms with E-state index in [1.807, 2.05) is 0 Å². The van der Waals surface area contributed by atoms with Crippen LogP contribution in [-0.2, 0) is 4.74 Å². The molecule has 0 aromatic carbocycles. The standard InChI is InChI=1S/C13H26O2/c1-4-13(5-2,15-3)12(14)11-9-7-6-8-10-11/h11-12,14H,4-10H2,1-3H3. The second-order valence-electron chi connectivity index (χ2n) is 4.82. The van der Waals surface area contributed by atoms with E-state index in [1.165, 1.54) is 32.1 Å². The maximum Gasteiger partial charge on any atom is 0.0933 e. The number of hydrogen-bond donors (Lipinski definition) is 1. The molecule has 0 aliphatic heterocycles. The van der Waals surface area contributed by atoms with Crippen LogP contribution in [0.2, 0.25) is 0 Å². The molecule has 2 nitrogen and oxygen atoms in total. The number of aliphatic hydroxyl groups excluding tert-OH is 1. The minimum atomic E-state index is -0.304. The molecule has 15 heavy (non-hydrogen) atoms. The van der Waals surface area contributed by atoms with Crippen LogP contribution in [0.5, 0.6) is 0 Å². The average molecular weight is 214 g/mol. The Hall–Kier alpha value is -0.0800. The van der Waals surface area contributed by atoms with Gasteiger partial charge in [-0.3, -0.25) is 0 Å².